The predicted octanol–water partition coefficient (Wildman–Crippen LogP) is 2.63. The number of hydrogen-bond acceptors (Lipinski definition) is 5. The van der Waals surface area contributed by atoms with Crippen LogP contribution in [0.25, 0.3) is 10.6 Å². The SMILES string of the molecule is COc1ccc(-c2ncc(C(=O)N3CC4CCC(N)C4C3)s2)cc1. The van der Waals surface area contributed by atoms with Gasteiger partial charge in [-0.05, 0) is 48.9 Å². The number of carbonyl (C=O) groups is 1. The third kappa shape index (κ3) is 2.70. The fourth-order valence-corrected chi connectivity index (χ4v) is 4.76. The van der Waals surface area contributed by atoms with Gasteiger partial charge in [0.05, 0.1) is 13.3 Å². The second-order valence-corrected chi connectivity index (χ2v) is 7.66. The maximum Gasteiger partial charge on any atom is 0.265 e. The first-order valence-electron chi connectivity index (χ1n) is 8.31. The second-order valence-electron chi connectivity index (χ2n) is 6.63. The molecular formula is C18H21N3O2S. The Hall–Kier alpha value is -1.92. The van der Waals surface area contributed by atoms with Crippen molar-refractivity contribution < 1.29 is 9.53 Å². The van der Waals surface area contributed by atoms with Crippen LogP contribution >= 0.6 is 11.3 Å². The van der Waals surface area contributed by atoms with Crippen LogP contribution in [0.2, 0.25) is 0 Å². The first-order chi connectivity index (χ1) is 11.7. The topological polar surface area (TPSA) is 68.5 Å². The highest BCUT2D eigenvalue weighted by Gasteiger charge is 2.42. The second kappa shape index (κ2) is 6.18. The number of rotatable bonds is 3. The number of nitrogens with two attached hydrogens (primary N) is 1. The lowest BCUT2D eigenvalue weighted by molar-refractivity contribution is 0.0784. The molecule has 1 amide bonds. The number of thiazole rings is 1. The van der Waals surface area contributed by atoms with Crippen molar-refractivity contribution in [2.24, 2.45) is 17.6 Å². The third-order valence-electron chi connectivity index (χ3n) is 5.25. The number of nitrogens with zero attached hydrogens (tertiary/aromatic N) is 2. The lowest BCUT2D eigenvalue weighted by Crippen LogP contribution is -2.33. The predicted molar refractivity (Wildman–Crippen MR) is 94.2 cm³/mol. The summed E-state index contributed by atoms with van der Waals surface area (Å²) in [5.41, 5.74) is 7.17. The van der Waals surface area contributed by atoms with E-state index in [1.807, 2.05) is 29.2 Å². The van der Waals surface area contributed by atoms with E-state index in [0.29, 0.717) is 16.7 Å². The molecule has 1 aromatic heterocycles. The van der Waals surface area contributed by atoms with Gasteiger partial charge in [-0.25, -0.2) is 4.98 Å². The van der Waals surface area contributed by atoms with Gasteiger partial charge in [-0.3, -0.25) is 4.79 Å². The molecule has 1 aliphatic carbocycles. The number of amides is 1. The summed E-state index contributed by atoms with van der Waals surface area (Å²) in [6, 6.07) is 7.99. The Balaban J connectivity index is 1.49. The molecule has 1 saturated heterocycles. The Morgan fingerprint density at radius 2 is 2.08 bits per heavy atom. The van der Waals surface area contributed by atoms with Crippen LogP contribution in [0.3, 0.4) is 0 Å². The standard InChI is InChI=1S/C18H21N3O2S/c1-23-13-5-2-11(3-6-13)17-20-8-16(24-17)18(22)21-9-12-4-7-15(19)14(12)10-21/h2-3,5-6,8,12,14-15H,4,7,9-10,19H2,1H3. The Kier molecular flexibility index (Phi) is 4.02. The quantitative estimate of drug-likeness (QED) is 0.930. The summed E-state index contributed by atoms with van der Waals surface area (Å²) in [6.45, 7) is 1.63. The normalized spacial score (nSPS) is 25.8. The van der Waals surface area contributed by atoms with Crippen molar-refractivity contribution in [2.45, 2.75) is 18.9 Å². The number of hydrogen-bond donors (Lipinski definition) is 1. The third-order valence-corrected chi connectivity index (χ3v) is 6.29. The molecule has 2 N–H and O–H groups in total. The average molecular weight is 343 g/mol. The fourth-order valence-electron chi connectivity index (χ4n) is 3.87. The maximum atomic E-state index is 12.8. The zero-order chi connectivity index (χ0) is 16.7. The van der Waals surface area contributed by atoms with Crippen LogP contribution in [-0.2, 0) is 0 Å². The van der Waals surface area contributed by atoms with Crippen molar-refractivity contribution in [3.8, 4) is 16.3 Å². The molecule has 24 heavy (non-hydrogen) atoms. The smallest absolute Gasteiger partial charge is 0.265 e. The largest absolute Gasteiger partial charge is 0.497 e. The van der Waals surface area contributed by atoms with Gasteiger partial charge < -0.3 is 15.4 Å². The molecule has 1 saturated carbocycles. The van der Waals surface area contributed by atoms with Crippen LogP contribution in [0.1, 0.15) is 22.5 Å². The lowest BCUT2D eigenvalue weighted by atomic mass is 9.98. The summed E-state index contributed by atoms with van der Waals surface area (Å²) in [7, 11) is 1.65. The molecule has 1 aliphatic heterocycles. The Morgan fingerprint density at radius 1 is 1.29 bits per heavy atom. The molecule has 4 rings (SSSR count). The van der Waals surface area contributed by atoms with E-state index in [4.69, 9.17) is 10.5 Å². The summed E-state index contributed by atoms with van der Waals surface area (Å²) < 4.78 is 5.17. The minimum atomic E-state index is 0.0915. The van der Waals surface area contributed by atoms with E-state index in [1.165, 1.54) is 11.3 Å². The van der Waals surface area contributed by atoms with Gasteiger partial charge in [0.15, 0.2) is 0 Å². The molecule has 2 aliphatic rings. The average Bonchev–Trinajstić information content (AvgIpc) is 3.32. The molecule has 3 unspecified atom stereocenters. The van der Waals surface area contributed by atoms with Gasteiger partial charge in [-0.1, -0.05) is 0 Å². The van der Waals surface area contributed by atoms with Crippen LogP contribution in [0, 0.1) is 11.8 Å². The molecule has 0 radical (unpaired) electrons. The number of carbonyl (C=O) groups excluding carboxylic acids is 1. The van der Waals surface area contributed by atoms with Crippen molar-refractivity contribution >= 4 is 17.2 Å². The van der Waals surface area contributed by atoms with Crippen LogP contribution in [0.4, 0.5) is 0 Å². The van der Waals surface area contributed by atoms with Crippen LogP contribution in [-0.4, -0.2) is 42.0 Å². The molecule has 2 aromatic rings. The van der Waals surface area contributed by atoms with Gasteiger partial charge in [0.1, 0.15) is 15.6 Å². The number of fused-ring (bicyclic) bond motifs is 1. The van der Waals surface area contributed by atoms with Crippen molar-refractivity contribution in [3.63, 3.8) is 0 Å². The lowest BCUT2D eigenvalue weighted by Gasteiger charge is -2.17. The molecular weight excluding hydrogens is 322 g/mol. The van der Waals surface area contributed by atoms with Gasteiger partial charge in [-0.2, -0.15) is 0 Å². The highest BCUT2D eigenvalue weighted by molar-refractivity contribution is 7.16. The maximum absolute atomic E-state index is 12.8. The highest BCUT2D eigenvalue weighted by Crippen LogP contribution is 2.38. The Labute approximate surface area is 145 Å². The number of aromatic nitrogens is 1. The number of ether oxygens (including phenoxy) is 1. The number of methoxy groups -OCH3 is 1. The van der Waals surface area contributed by atoms with E-state index in [2.05, 4.69) is 4.98 Å². The summed E-state index contributed by atoms with van der Waals surface area (Å²) in [5.74, 6) is 1.96. The fraction of sp³-hybridized carbons (Fsp3) is 0.444. The molecule has 6 heteroatoms. The number of benzene rings is 1. The van der Waals surface area contributed by atoms with E-state index < -0.39 is 0 Å². The van der Waals surface area contributed by atoms with Gasteiger partial charge in [0, 0.05) is 24.7 Å². The highest BCUT2D eigenvalue weighted by atomic mass is 32.1. The monoisotopic (exact) mass is 343 g/mol. The van der Waals surface area contributed by atoms with E-state index in [0.717, 1.165) is 42.3 Å². The van der Waals surface area contributed by atoms with Crippen molar-refractivity contribution in [1.82, 2.24) is 9.88 Å². The van der Waals surface area contributed by atoms with E-state index >= 15 is 0 Å². The van der Waals surface area contributed by atoms with Crippen molar-refractivity contribution in [3.05, 3.63) is 35.3 Å². The first kappa shape index (κ1) is 15.6. The minimum absolute atomic E-state index is 0.0915. The molecule has 5 nitrogen and oxygen atoms in total. The van der Waals surface area contributed by atoms with Gasteiger partial charge >= 0.3 is 0 Å². The minimum Gasteiger partial charge on any atom is -0.497 e. The molecule has 3 atom stereocenters. The van der Waals surface area contributed by atoms with Gasteiger partial charge in [-0.15, -0.1) is 11.3 Å². The summed E-state index contributed by atoms with van der Waals surface area (Å²) >= 11 is 1.45. The van der Waals surface area contributed by atoms with E-state index in [9.17, 15) is 4.79 Å². The van der Waals surface area contributed by atoms with Crippen molar-refractivity contribution in [2.75, 3.05) is 20.2 Å². The molecule has 2 heterocycles. The van der Waals surface area contributed by atoms with Crippen LogP contribution in [0.5, 0.6) is 5.75 Å². The zero-order valence-corrected chi connectivity index (χ0v) is 14.5. The molecule has 126 valence electrons. The Morgan fingerprint density at radius 3 is 2.79 bits per heavy atom. The summed E-state index contributed by atoms with van der Waals surface area (Å²) in [5, 5.41) is 0.858. The summed E-state index contributed by atoms with van der Waals surface area (Å²) in [4.78, 5) is 19.9. The molecule has 0 bridgehead atoms. The van der Waals surface area contributed by atoms with Crippen molar-refractivity contribution in [1.29, 1.82) is 0 Å². The molecule has 2 fully saturated rings. The van der Waals surface area contributed by atoms with Gasteiger partial charge in [0.2, 0.25) is 0 Å². The van der Waals surface area contributed by atoms with Crippen LogP contribution in [0.15, 0.2) is 30.5 Å². The van der Waals surface area contributed by atoms with E-state index in [-0.39, 0.29) is 11.9 Å². The number of likely N-dealkylation sites (tertiary alicyclic amines) is 1. The van der Waals surface area contributed by atoms with Gasteiger partial charge in [0.25, 0.3) is 5.91 Å². The molecule has 1 aromatic carbocycles. The summed E-state index contributed by atoms with van der Waals surface area (Å²) in [6.07, 6.45) is 3.94. The molecule has 0 spiro atoms. The zero-order valence-electron chi connectivity index (χ0n) is 13.6. The van der Waals surface area contributed by atoms with E-state index in [1.54, 1.807) is 13.3 Å². The first-order valence-corrected chi connectivity index (χ1v) is 9.12. The van der Waals surface area contributed by atoms with Crippen LogP contribution < -0.4 is 10.5 Å². The Bertz CT molecular complexity index is 743.